The number of sulfonamides is 1. The molecule has 1 saturated carbocycles. The largest absolute Gasteiger partial charge is 0.444 e. The Morgan fingerprint density at radius 3 is 2.42 bits per heavy atom. The third-order valence-electron chi connectivity index (χ3n) is 5.81. The highest BCUT2D eigenvalue weighted by atomic mass is 32.2. The third kappa shape index (κ3) is 7.56. The minimum Gasteiger partial charge on any atom is -0.444 e. The Morgan fingerprint density at radius 2 is 1.87 bits per heavy atom. The molecule has 0 aromatic heterocycles. The minimum atomic E-state index is -3.82. The molecule has 2 rings (SSSR count). The van der Waals surface area contributed by atoms with Gasteiger partial charge in [0.25, 0.3) is 0 Å². The maximum absolute atomic E-state index is 13.1. The Labute approximate surface area is 186 Å². The van der Waals surface area contributed by atoms with E-state index in [0.717, 1.165) is 25.7 Å². The Morgan fingerprint density at radius 1 is 1.26 bits per heavy atom. The van der Waals surface area contributed by atoms with Gasteiger partial charge in [-0.25, -0.2) is 17.9 Å². The molecule has 9 nitrogen and oxygen atoms in total. The van der Waals surface area contributed by atoms with E-state index in [1.807, 2.05) is 0 Å². The van der Waals surface area contributed by atoms with Gasteiger partial charge in [-0.05, 0) is 47.0 Å². The summed E-state index contributed by atoms with van der Waals surface area (Å²) in [5.74, 6) is -0.197. The Kier molecular flexibility index (Phi) is 8.77. The van der Waals surface area contributed by atoms with Crippen molar-refractivity contribution in [3.05, 3.63) is 0 Å². The average molecular weight is 465 g/mol. The summed E-state index contributed by atoms with van der Waals surface area (Å²) in [5, 5.41) is 19.7. The third-order valence-corrected chi connectivity index (χ3v) is 7.23. The lowest BCUT2D eigenvalue weighted by Gasteiger charge is -2.37. The fraction of sp³-hybridized carbons (Fsp3) is 0.952. The van der Waals surface area contributed by atoms with Crippen LogP contribution in [0.25, 0.3) is 0 Å². The molecule has 0 radical (unpaired) electrons. The van der Waals surface area contributed by atoms with E-state index < -0.39 is 51.4 Å². The van der Waals surface area contributed by atoms with Gasteiger partial charge in [0, 0.05) is 6.54 Å². The molecule has 1 heterocycles. The van der Waals surface area contributed by atoms with Gasteiger partial charge in [0.05, 0.1) is 24.5 Å². The number of nitrogens with one attached hydrogen (secondary N) is 1. The summed E-state index contributed by atoms with van der Waals surface area (Å²) in [5.41, 5.74) is -1.76. The first kappa shape index (κ1) is 26.3. The van der Waals surface area contributed by atoms with Crippen LogP contribution in [-0.2, 0) is 19.5 Å². The van der Waals surface area contributed by atoms with Gasteiger partial charge in [0.15, 0.2) is 0 Å². The molecule has 1 unspecified atom stereocenters. The number of carbonyl (C=O) groups excluding carboxylic acids is 1. The zero-order valence-electron chi connectivity index (χ0n) is 19.5. The summed E-state index contributed by atoms with van der Waals surface area (Å²) in [7, 11) is -3.82. The van der Waals surface area contributed by atoms with Gasteiger partial charge in [-0.2, -0.15) is 0 Å². The molecule has 182 valence electrons. The van der Waals surface area contributed by atoms with Crippen LogP contribution in [0.15, 0.2) is 0 Å². The fourth-order valence-electron chi connectivity index (χ4n) is 4.60. The van der Waals surface area contributed by atoms with Crippen molar-refractivity contribution < 1.29 is 32.9 Å². The van der Waals surface area contributed by atoms with Crippen molar-refractivity contribution in [1.29, 1.82) is 0 Å². The van der Waals surface area contributed by atoms with Crippen LogP contribution in [0.2, 0.25) is 0 Å². The topological polar surface area (TPSA) is 125 Å². The van der Waals surface area contributed by atoms with Crippen LogP contribution in [0.5, 0.6) is 0 Å². The van der Waals surface area contributed by atoms with E-state index in [4.69, 9.17) is 14.6 Å². The van der Waals surface area contributed by atoms with Gasteiger partial charge >= 0.3 is 6.09 Å². The second-order valence-corrected chi connectivity index (χ2v) is 12.0. The molecule has 3 N–H and O–H groups in total. The van der Waals surface area contributed by atoms with E-state index in [2.05, 4.69) is 4.72 Å². The number of rotatable bonds is 8. The number of hydrogen-bond acceptors (Lipinski definition) is 7. The molecule has 0 bridgehead atoms. The number of hydrogen-bond donors (Lipinski definition) is 3. The lowest BCUT2D eigenvalue weighted by Crippen LogP contribution is -2.52. The molecule has 2 aliphatic rings. The standard InChI is InChI=1S/C21H40N2O7S/c1-20(2,3)30-19(26)23-16(13-15-9-7-6-8-10-15)18(29-21(23,4)5)17(25)14-31(27,28)22-11-12-24/h15-18,22,24-25H,6-14H2,1-5H3/t16-,17?,18+/m1/s1. The van der Waals surface area contributed by atoms with Crippen LogP contribution in [-0.4, -0.2) is 78.1 Å². The van der Waals surface area contributed by atoms with Gasteiger partial charge in [-0.1, -0.05) is 32.1 Å². The van der Waals surface area contributed by atoms with Gasteiger partial charge in [0.1, 0.15) is 17.4 Å². The average Bonchev–Trinajstić information content (AvgIpc) is 2.89. The van der Waals surface area contributed by atoms with Crippen LogP contribution in [0.4, 0.5) is 4.79 Å². The molecule has 1 aliphatic heterocycles. The number of aliphatic hydroxyl groups is 2. The first-order valence-corrected chi connectivity index (χ1v) is 12.9. The molecule has 10 heteroatoms. The fourth-order valence-corrected chi connectivity index (χ4v) is 5.76. The molecule has 3 atom stereocenters. The second-order valence-electron chi connectivity index (χ2n) is 10.2. The van der Waals surface area contributed by atoms with Crippen LogP contribution in [0.3, 0.4) is 0 Å². The molecule has 0 aromatic rings. The molecule has 1 amide bonds. The van der Waals surface area contributed by atoms with E-state index in [0.29, 0.717) is 12.3 Å². The quantitative estimate of drug-likeness (QED) is 0.501. The molecule has 1 aliphatic carbocycles. The molecule has 0 aromatic carbocycles. The highest BCUT2D eigenvalue weighted by Gasteiger charge is 2.54. The number of carbonyl (C=O) groups is 1. The Hall–Kier alpha value is -0.940. The van der Waals surface area contributed by atoms with Gasteiger partial charge in [0.2, 0.25) is 10.0 Å². The summed E-state index contributed by atoms with van der Waals surface area (Å²) in [6, 6.07) is -0.504. The lowest BCUT2D eigenvalue weighted by molar-refractivity contribution is -0.0995. The van der Waals surface area contributed by atoms with Gasteiger partial charge < -0.3 is 19.7 Å². The SMILES string of the molecule is CC(C)(C)OC(=O)N1[C@H](CC2CCCCC2)[C@@H](C(O)CS(=O)(=O)NCCO)OC1(C)C. The molecule has 0 spiro atoms. The molecule has 1 saturated heterocycles. The van der Waals surface area contributed by atoms with E-state index in [1.54, 1.807) is 34.6 Å². The predicted molar refractivity (Wildman–Crippen MR) is 117 cm³/mol. The van der Waals surface area contributed by atoms with E-state index in [-0.39, 0.29) is 13.2 Å². The summed E-state index contributed by atoms with van der Waals surface area (Å²) >= 11 is 0. The lowest BCUT2D eigenvalue weighted by atomic mass is 9.83. The van der Waals surface area contributed by atoms with E-state index in [9.17, 15) is 18.3 Å². The maximum atomic E-state index is 13.1. The van der Waals surface area contributed by atoms with E-state index >= 15 is 0 Å². The summed E-state index contributed by atoms with van der Waals surface area (Å²) in [6.07, 6.45) is 3.41. The van der Waals surface area contributed by atoms with Crippen LogP contribution >= 0.6 is 0 Å². The predicted octanol–water partition coefficient (Wildman–Crippen LogP) is 1.97. The summed E-state index contributed by atoms with van der Waals surface area (Å²) in [6.45, 7) is 8.37. The first-order valence-electron chi connectivity index (χ1n) is 11.2. The van der Waals surface area contributed by atoms with Crippen molar-refractivity contribution in [2.24, 2.45) is 5.92 Å². The summed E-state index contributed by atoms with van der Waals surface area (Å²) in [4.78, 5) is 14.6. The number of nitrogens with zero attached hydrogens (tertiary/aromatic N) is 1. The highest BCUT2D eigenvalue weighted by Crippen LogP contribution is 2.40. The highest BCUT2D eigenvalue weighted by molar-refractivity contribution is 7.89. The van der Waals surface area contributed by atoms with Gasteiger partial charge in [-0.3, -0.25) is 4.90 Å². The van der Waals surface area contributed by atoms with Crippen LogP contribution in [0.1, 0.15) is 73.1 Å². The maximum Gasteiger partial charge on any atom is 0.412 e. The molecule has 31 heavy (non-hydrogen) atoms. The number of aliphatic hydroxyl groups excluding tert-OH is 2. The molecular formula is C21H40N2O7S. The monoisotopic (exact) mass is 464 g/mol. The van der Waals surface area contributed by atoms with Gasteiger partial charge in [-0.15, -0.1) is 0 Å². The van der Waals surface area contributed by atoms with E-state index in [1.165, 1.54) is 11.3 Å². The summed E-state index contributed by atoms with van der Waals surface area (Å²) < 4.78 is 38.5. The smallest absolute Gasteiger partial charge is 0.412 e. The molecular weight excluding hydrogens is 424 g/mol. The zero-order valence-corrected chi connectivity index (χ0v) is 20.3. The second kappa shape index (κ2) is 10.3. The van der Waals surface area contributed by atoms with Crippen LogP contribution in [0, 0.1) is 5.92 Å². The van der Waals surface area contributed by atoms with Crippen molar-refractivity contribution >= 4 is 16.1 Å². The minimum absolute atomic E-state index is 0.123. The van der Waals surface area contributed by atoms with Crippen LogP contribution < -0.4 is 4.72 Å². The number of ether oxygens (including phenoxy) is 2. The molecule has 2 fully saturated rings. The van der Waals surface area contributed by atoms with Crippen molar-refractivity contribution in [3.8, 4) is 0 Å². The van der Waals surface area contributed by atoms with Crippen molar-refractivity contribution in [3.63, 3.8) is 0 Å². The zero-order chi connectivity index (χ0) is 23.4. The van der Waals surface area contributed by atoms with Crippen molar-refractivity contribution in [1.82, 2.24) is 9.62 Å². The first-order chi connectivity index (χ1) is 14.3. The van der Waals surface area contributed by atoms with Crippen molar-refractivity contribution in [2.45, 2.75) is 103 Å². The van der Waals surface area contributed by atoms with Crippen molar-refractivity contribution in [2.75, 3.05) is 18.9 Å². The number of amides is 1. The normalized spacial score (nSPS) is 26.1. The Bertz CT molecular complexity index is 699. The Balaban J connectivity index is 2.28.